The van der Waals surface area contributed by atoms with E-state index < -0.39 is 0 Å². The van der Waals surface area contributed by atoms with Crippen molar-refractivity contribution in [3.8, 4) is 0 Å². The Kier molecular flexibility index (Phi) is 5.77. The van der Waals surface area contributed by atoms with Crippen molar-refractivity contribution in [3.05, 3.63) is 29.8 Å². The number of amides is 2. The van der Waals surface area contributed by atoms with Gasteiger partial charge in [-0.3, -0.25) is 9.59 Å². The van der Waals surface area contributed by atoms with Crippen molar-refractivity contribution >= 4 is 17.5 Å². The maximum atomic E-state index is 12.1. The van der Waals surface area contributed by atoms with Gasteiger partial charge in [-0.15, -0.1) is 0 Å². The number of carbonyl (C=O) groups is 2. The van der Waals surface area contributed by atoms with Crippen LogP contribution in [0.5, 0.6) is 0 Å². The van der Waals surface area contributed by atoms with Crippen LogP contribution in [0.25, 0.3) is 0 Å². The first-order valence-corrected chi connectivity index (χ1v) is 8.22. The van der Waals surface area contributed by atoms with E-state index >= 15 is 0 Å². The molecular weight excluding hydrogens is 292 g/mol. The molecule has 5 nitrogen and oxygen atoms in total. The quantitative estimate of drug-likeness (QED) is 0.758. The van der Waals surface area contributed by atoms with E-state index in [9.17, 15) is 14.7 Å². The van der Waals surface area contributed by atoms with Crippen molar-refractivity contribution < 1.29 is 14.7 Å². The second-order valence-corrected chi connectivity index (χ2v) is 6.88. The fraction of sp³-hybridized carbons (Fsp3) is 0.556. The molecule has 0 atom stereocenters. The van der Waals surface area contributed by atoms with Gasteiger partial charge in [0.05, 0.1) is 0 Å². The zero-order valence-electron chi connectivity index (χ0n) is 14.0. The first-order chi connectivity index (χ1) is 10.9. The molecular formula is C18H26N2O3. The van der Waals surface area contributed by atoms with E-state index in [4.69, 9.17) is 0 Å². The number of nitrogens with zero attached hydrogens (tertiary/aromatic N) is 1. The highest BCUT2D eigenvalue weighted by Gasteiger charge is 2.21. The van der Waals surface area contributed by atoms with Crippen LogP contribution in [0.2, 0.25) is 0 Å². The maximum absolute atomic E-state index is 12.1. The molecule has 0 radical (unpaired) electrons. The summed E-state index contributed by atoms with van der Waals surface area (Å²) in [4.78, 5) is 25.6. The number of rotatable bonds is 7. The van der Waals surface area contributed by atoms with Crippen LogP contribution in [-0.4, -0.2) is 36.6 Å². The lowest BCUT2D eigenvalue weighted by Crippen LogP contribution is -2.27. The average molecular weight is 318 g/mol. The molecule has 1 aliphatic rings. The third-order valence-corrected chi connectivity index (χ3v) is 4.26. The minimum atomic E-state index is -0.105. The van der Waals surface area contributed by atoms with Gasteiger partial charge in [0.2, 0.25) is 5.91 Å². The lowest BCUT2D eigenvalue weighted by atomic mass is 9.89. The Morgan fingerprint density at radius 1 is 1.30 bits per heavy atom. The molecule has 1 saturated heterocycles. The summed E-state index contributed by atoms with van der Waals surface area (Å²) in [5, 5.41) is 12.1. The molecule has 2 N–H and O–H groups in total. The fourth-order valence-electron chi connectivity index (χ4n) is 2.66. The van der Waals surface area contributed by atoms with Crippen LogP contribution in [-0.2, 0) is 4.79 Å². The van der Waals surface area contributed by atoms with Crippen LogP contribution >= 0.6 is 0 Å². The summed E-state index contributed by atoms with van der Waals surface area (Å²) in [5.41, 5.74) is 1.35. The second-order valence-electron chi connectivity index (χ2n) is 6.88. The van der Waals surface area contributed by atoms with E-state index in [1.54, 1.807) is 17.0 Å². The smallest absolute Gasteiger partial charge is 0.251 e. The number of aliphatic hydroxyl groups excluding tert-OH is 1. The Hall–Kier alpha value is -1.88. The Bertz CT molecular complexity index is 552. The van der Waals surface area contributed by atoms with E-state index in [0.29, 0.717) is 18.5 Å². The first kappa shape index (κ1) is 17.5. The first-order valence-electron chi connectivity index (χ1n) is 8.22. The van der Waals surface area contributed by atoms with Gasteiger partial charge in [-0.05, 0) is 48.9 Å². The lowest BCUT2D eigenvalue weighted by Gasteiger charge is -2.21. The molecule has 2 rings (SSSR count). The van der Waals surface area contributed by atoms with E-state index in [-0.39, 0.29) is 23.8 Å². The van der Waals surface area contributed by atoms with Gasteiger partial charge in [-0.25, -0.2) is 0 Å². The number of carbonyl (C=O) groups excluding carboxylic acids is 2. The molecule has 1 aromatic rings. The predicted molar refractivity (Wildman–Crippen MR) is 90.5 cm³/mol. The summed E-state index contributed by atoms with van der Waals surface area (Å²) in [6, 6.07) is 7.17. The van der Waals surface area contributed by atoms with Crippen LogP contribution < -0.4 is 10.2 Å². The Labute approximate surface area is 137 Å². The third-order valence-electron chi connectivity index (χ3n) is 4.26. The summed E-state index contributed by atoms with van der Waals surface area (Å²) in [6.45, 7) is 5.51. The number of hydrogen-bond donors (Lipinski definition) is 2. The highest BCUT2D eigenvalue weighted by atomic mass is 16.3. The standard InChI is InChI=1S/C18H26N2O3/c1-18(2,13-21)10-4-11-19-17(23)14-6-8-15(9-7-14)20-12-3-5-16(20)22/h6-9,21H,3-5,10-13H2,1-2H3,(H,19,23). The van der Waals surface area contributed by atoms with Crippen molar-refractivity contribution in [1.82, 2.24) is 5.32 Å². The molecule has 1 fully saturated rings. The van der Waals surface area contributed by atoms with Gasteiger partial charge in [-0.2, -0.15) is 0 Å². The predicted octanol–water partition coefficient (Wildman–Crippen LogP) is 2.34. The summed E-state index contributed by atoms with van der Waals surface area (Å²) in [6.07, 6.45) is 3.19. The number of hydrogen-bond acceptors (Lipinski definition) is 3. The van der Waals surface area contributed by atoms with Crippen molar-refractivity contribution in [2.75, 3.05) is 24.6 Å². The summed E-state index contributed by atoms with van der Waals surface area (Å²) in [5.74, 6) is 0.0415. The number of aliphatic hydroxyl groups is 1. The number of anilines is 1. The summed E-state index contributed by atoms with van der Waals surface area (Å²) in [7, 11) is 0. The van der Waals surface area contributed by atoms with Gasteiger partial charge in [0.1, 0.15) is 0 Å². The SMILES string of the molecule is CC(C)(CO)CCCNC(=O)c1ccc(N2CCCC2=O)cc1. The summed E-state index contributed by atoms with van der Waals surface area (Å²) < 4.78 is 0. The van der Waals surface area contributed by atoms with E-state index in [1.807, 2.05) is 26.0 Å². The molecule has 0 unspecified atom stereocenters. The molecule has 2 amide bonds. The maximum Gasteiger partial charge on any atom is 0.251 e. The zero-order valence-corrected chi connectivity index (χ0v) is 14.0. The molecule has 1 heterocycles. The Balaban J connectivity index is 1.82. The number of nitrogens with one attached hydrogen (secondary N) is 1. The van der Waals surface area contributed by atoms with Crippen LogP contribution in [0, 0.1) is 5.41 Å². The zero-order chi connectivity index (χ0) is 16.9. The topological polar surface area (TPSA) is 69.6 Å². The van der Waals surface area contributed by atoms with Crippen LogP contribution in [0.15, 0.2) is 24.3 Å². The van der Waals surface area contributed by atoms with Gasteiger partial charge in [0.15, 0.2) is 0 Å². The molecule has 126 valence electrons. The van der Waals surface area contributed by atoms with Gasteiger partial charge < -0.3 is 15.3 Å². The van der Waals surface area contributed by atoms with Gasteiger partial charge in [0.25, 0.3) is 5.91 Å². The normalized spacial score (nSPS) is 15.1. The molecule has 23 heavy (non-hydrogen) atoms. The van der Waals surface area contributed by atoms with E-state index in [1.165, 1.54) is 0 Å². The molecule has 0 aliphatic carbocycles. The van der Waals surface area contributed by atoms with Crippen molar-refractivity contribution in [2.24, 2.45) is 5.41 Å². The van der Waals surface area contributed by atoms with Crippen LogP contribution in [0.3, 0.4) is 0 Å². The van der Waals surface area contributed by atoms with Gasteiger partial charge >= 0.3 is 0 Å². The molecule has 0 spiro atoms. The average Bonchev–Trinajstić information content (AvgIpc) is 2.97. The lowest BCUT2D eigenvalue weighted by molar-refractivity contribution is -0.117. The van der Waals surface area contributed by atoms with Crippen LogP contribution in [0.1, 0.15) is 49.9 Å². The molecule has 0 aromatic heterocycles. The molecule has 1 aliphatic heterocycles. The largest absolute Gasteiger partial charge is 0.396 e. The van der Waals surface area contributed by atoms with Gasteiger partial charge in [-0.1, -0.05) is 13.8 Å². The number of benzene rings is 1. The Morgan fingerprint density at radius 2 is 2.00 bits per heavy atom. The Morgan fingerprint density at radius 3 is 2.57 bits per heavy atom. The van der Waals surface area contributed by atoms with E-state index in [0.717, 1.165) is 31.5 Å². The minimum Gasteiger partial charge on any atom is -0.396 e. The highest BCUT2D eigenvalue weighted by Crippen LogP contribution is 2.22. The van der Waals surface area contributed by atoms with Crippen molar-refractivity contribution in [1.29, 1.82) is 0 Å². The fourth-order valence-corrected chi connectivity index (χ4v) is 2.66. The molecule has 0 saturated carbocycles. The minimum absolute atomic E-state index is 0.103. The molecule has 1 aromatic carbocycles. The third kappa shape index (κ3) is 4.79. The van der Waals surface area contributed by atoms with Crippen molar-refractivity contribution in [2.45, 2.75) is 39.5 Å². The molecule has 5 heteroatoms. The van der Waals surface area contributed by atoms with Crippen molar-refractivity contribution in [3.63, 3.8) is 0 Å². The monoisotopic (exact) mass is 318 g/mol. The molecule has 0 bridgehead atoms. The van der Waals surface area contributed by atoms with E-state index in [2.05, 4.69) is 5.32 Å². The summed E-state index contributed by atoms with van der Waals surface area (Å²) >= 11 is 0. The van der Waals surface area contributed by atoms with Crippen LogP contribution in [0.4, 0.5) is 5.69 Å². The second kappa shape index (κ2) is 7.59. The van der Waals surface area contributed by atoms with Gasteiger partial charge in [0, 0.05) is 37.4 Å². The highest BCUT2D eigenvalue weighted by molar-refractivity contribution is 5.97.